The maximum atomic E-state index is 13.8. The lowest BCUT2D eigenvalue weighted by Crippen LogP contribution is -2.17. The van der Waals surface area contributed by atoms with Crippen molar-refractivity contribution in [3.63, 3.8) is 0 Å². The van der Waals surface area contributed by atoms with E-state index in [9.17, 15) is 52.7 Å². The Morgan fingerprint density at radius 1 is 0.421 bits per heavy atom. The molecule has 0 heterocycles. The number of alkyl halides is 6. The number of benzene rings is 7. The van der Waals surface area contributed by atoms with Gasteiger partial charge in [0.1, 0.15) is 29.7 Å². The summed E-state index contributed by atoms with van der Waals surface area (Å²) in [5.41, 5.74) is 0.144. The average Bonchev–Trinajstić information content (AvgIpc) is 4.18. The van der Waals surface area contributed by atoms with Crippen molar-refractivity contribution in [2.75, 3.05) is 0 Å². The fourth-order valence-corrected chi connectivity index (χ4v) is 9.51. The molecule has 0 saturated carbocycles. The van der Waals surface area contributed by atoms with Crippen LogP contribution < -0.4 is 9.47 Å². The maximum Gasteiger partial charge on any atom is 0.573 e. The Balaban J connectivity index is 1.63. The number of ether oxygens (including phenoxy) is 2. The van der Waals surface area contributed by atoms with Gasteiger partial charge in [-0.1, -0.05) is 103 Å². The van der Waals surface area contributed by atoms with Crippen molar-refractivity contribution in [2.45, 2.75) is 12.7 Å². The fraction of sp³-hybridized carbons (Fsp3) is 0.0333. The first-order valence-corrected chi connectivity index (χ1v) is 22.1. The molecule has 0 atom stereocenters. The van der Waals surface area contributed by atoms with Crippen LogP contribution in [0.5, 0.6) is 11.5 Å². The average molecular weight is 1000 g/mol. The molecule has 0 bridgehead atoms. The van der Waals surface area contributed by atoms with Crippen LogP contribution in [0.15, 0.2) is 146 Å². The van der Waals surface area contributed by atoms with Crippen LogP contribution >= 0.6 is 0 Å². The van der Waals surface area contributed by atoms with E-state index >= 15 is 0 Å². The minimum absolute atomic E-state index is 0.00430. The quantitative estimate of drug-likeness (QED) is 0.0835. The van der Waals surface area contributed by atoms with Crippen molar-refractivity contribution in [1.82, 2.24) is 0 Å². The van der Waals surface area contributed by atoms with Crippen LogP contribution in [0.2, 0.25) is 0 Å². The molecule has 0 unspecified atom stereocenters. The zero-order chi connectivity index (χ0) is 54.1. The molecule has 0 fully saturated rings. The molecular formula is C60H24F6N8O2. The van der Waals surface area contributed by atoms with Crippen LogP contribution in [-0.4, -0.2) is 12.7 Å². The Labute approximate surface area is 429 Å². The second-order valence-corrected chi connectivity index (χ2v) is 16.5. The van der Waals surface area contributed by atoms with Crippen molar-refractivity contribution in [1.29, 1.82) is 26.3 Å². The van der Waals surface area contributed by atoms with Crippen LogP contribution in [0.3, 0.4) is 0 Å². The van der Waals surface area contributed by atoms with Crippen LogP contribution in [0.25, 0.3) is 81.5 Å². The zero-order valence-corrected chi connectivity index (χ0v) is 38.5. The lowest BCUT2D eigenvalue weighted by Gasteiger charge is -2.25. The Bertz CT molecular complexity index is 3860. The van der Waals surface area contributed by atoms with Gasteiger partial charge in [-0.05, 0) is 109 Å². The number of fused-ring (bicyclic) bond motifs is 2. The second kappa shape index (κ2) is 19.7. The third-order valence-corrected chi connectivity index (χ3v) is 12.2. The highest BCUT2D eigenvalue weighted by molar-refractivity contribution is 6.38. The second-order valence-electron chi connectivity index (χ2n) is 16.5. The summed E-state index contributed by atoms with van der Waals surface area (Å²) in [4.78, 5) is 11.2. The van der Waals surface area contributed by atoms with Crippen molar-refractivity contribution in [3.8, 4) is 64.1 Å². The number of halogens is 6. The van der Waals surface area contributed by atoms with E-state index in [-0.39, 0.29) is 123 Å². The number of nitriles is 5. The SMILES string of the molecule is [C-]#[N+]C1=C(c2ccccc2)/C(=C(/C#N)c2cc([N+]#[C-])cc([N+]#[C-])c2)c2c1c(-c1ccc(OC(F)(F)F)cc1)c1c(c2-c2ccc(OC(F)(F)F)cc2)/C(=C(\C#N)c2cc(C#N)cc(C#N)c2)C(c2ccccc2)=C1C#N. The number of hydrogen-bond acceptors (Lipinski definition) is 7. The lowest BCUT2D eigenvalue weighted by molar-refractivity contribution is -0.275. The molecule has 0 spiro atoms. The molecule has 76 heavy (non-hydrogen) atoms. The summed E-state index contributed by atoms with van der Waals surface area (Å²) in [5, 5.41) is 55.2. The first-order valence-electron chi connectivity index (χ1n) is 22.1. The number of hydrogen-bond donors (Lipinski definition) is 0. The van der Waals surface area contributed by atoms with Gasteiger partial charge in [-0.15, -0.1) is 26.3 Å². The van der Waals surface area contributed by atoms with Crippen molar-refractivity contribution in [3.05, 3.63) is 235 Å². The van der Waals surface area contributed by atoms with Crippen molar-refractivity contribution in [2.24, 2.45) is 0 Å². The van der Waals surface area contributed by atoms with Crippen molar-refractivity contribution < 1.29 is 35.8 Å². The zero-order valence-electron chi connectivity index (χ0n) is 38.5. The molecule has 2 aliphatic rings. The molecule has 0 amide bonds. The standard InChI is InChI=1S/C60H24F6N8O2/c1-72-41-25-40(26-42(27-41)73-2)46(31-70)53-51(36-12-8-5-9-13-36)58(74-3)57-49(37-14-18-43(19-15-37)75-59(61,62)63)54-47(32-71)48(35-10-6-4-7-11-35)52(45(30-69)39-23-33(28-67)22-34(24-39)29-68)55(54)50(56(53)57)38-16-20-44(21-17-38)76-60(64,65)66/h4-27H/b52-45+,53-46+. The Morgan fingerprint density at radius 3 is 1.25 bits per heavy atom. The molecule has 9 rings (SSSR count). The maximum absolute atomic E-state index is 13.8. The van der Waals surface area contributed by atoms with Gasteiger partial charge in [0.15, 0.2) is 11.4 Å². The van der Waals surface area contributed by atoms with Gasteiger partial charge in [0.25, 0.3) is 0 Å². The van der Waals surface area contributed by atoms with E-state index in [1.807, 2.05) is 12.1 Å². The summed E-state index contributed by atoms with van der Waals surface area (Å²) in [7, 11) is 0. The molecule has 0 N–H and O–H groups in total. The smallest absolute Gasteiger partial charge is 0.406 e. The van der Waals surface area contributed by atoms with Gasteiger partial charge in [-0.3, -0.25) is 0 Å². The molecule has 0 aliphatic heterocycles. The van der Waals surface area contributed by atoms with Gasteiger partial charge in [-0.25, -0.2) is 14.5 Å². The molecular weight excluding hydrogens is 979 g/mol. The van der Waals surface area contributed by atoms with E-state index in [0.717, 1.165) is 24.3 Å². The molecule has 7 aromatic carbocycles. The number of nitrogens with zero attached hydrogens (tertiary/aromatic N) is 8. The van der Waals surface area contributed by atoms with Gasteiger partial charge in [-0.2, -0.15) is 26.3 Å². The third-order valence-electron chi connectivity index (χ3n) is 12.2. The first-order chi connectivity index (χ1) is 36.6. The minimum Gasteiger partial charge on any atom is -0.406 e. The molecule has 0 saturated heterocycles. The van der Waals surface area contributed by atoms with Gasteiger partial charge in [0, 0.05) is 22.3 Å². The van der Waals surface area contributed by atoms with Crippen LogP contribution in [0, 0.1) is 76.4 Å². The highest BCUT2D eigenvalue weighted by Gasteiger charge is 2.44. The molecule has 0 aromatic heterocycles. The molecule has 7 aromatic rings. The van der Waals surface area contributed by atoms with E-state index in [0.29, 0.717) is 11.1 Å². The summed E-state index contributed by atoms with van der Waals surface area (Å²) in [6.45, 7) is 24.9. The van der Waals surface area contributed by atoms with E-state index in [1.54, 1.807) is 60.7 Å². The largest absolute Gasteiger partial charge is 0.573 e. The molecule has 358 valence electrons. The highest BCUT2D eigenvalue weighted by Crippen LogP contribution is 2.64. The normalized spacial score (nSPS) is 13.8. The molecule has 16 heteroatoms. The van der Waals surface area contributed by atoms with E-state index in [1.165, 1.54) is 60.7 Å². The van der Waals surface area contributed by atoms with E-state index in [2.05, 4.69) is 42.2 Å². The lowest BCUT2D eigenvalue weighted by atomic mass is 9.77. The Hall–Kier alpha value is -11.4. The van der Waals surface area contributed by atoms with E-state index in [4.69, 9.17) is 19.7 Å². The van der Waals surface area contributed by atoms with Crippen LogP contribution in [0.1, 0.15) is 55.6 Å². The predicted molar refractivity (Wildman–Crippen MR) is 269 cm³/mol. The number of allylic oxidation sites excluding steroid dienone is 7. The van der Waals surface area contributed by atoms with Crippen molar-refractivity contribution >= 4 is 56.1 Å². The summed E-state index contributed by atoms with van der Waals surface area (Å²) < 4.78 is 91.1. The Morgan fingerprint density at radius 2 is 0.842 bits per heavy atom. The summed E-state index contributed by atoms with van der Waals surface area (Å²) in [6.07, 6.45) is -10.3. The number of rotatable bonds is 8. The highest BCUT2D eigenvalue weighted by atomic mass is 19.4. The summed E-state index contributed by atoms with van der Waals surface area (Å²) >= 11 is 0. The first kappa shape index (κ1) is 49.6. The third kappa shape index (κ3) is 8.98. The molecule has 10 nitrogen and oxygen atoms in total. The van der Waals surface area contributed by atoms with Crippen LogP contribution in [-0.2, 0) is 0 Å². The fourth-order valence-electron chi connectivity index (χ4n) is 9.51. The van der Waals surface area contributed by atoms with Gasteiger partial charge in [0.2, 0.25) is 5.70 Å². The summed E-state index contributed by atoms with van der Waals surface area (Å²) in [5.74, 6) is -1.30. The molecule has 2 aliphatic carbocycles. The van der Waals surface area contributed by atoms with Gasteiger partial charge in [0.05, 0.1) is 59.7 Å². The van der Waals surface area contributed by atoms with Gasteiger partial charge >= 0.3 is 12.7 Å². The minimum atomic E-state index is -5.14. The molecule has 0 radical (unpaired) electrons. The van der Waals surface area contributed by atoms with Gasteiger partial charge < -0.3 is 9.47 Å². The topological polar surface area (TPSA) is 150 Å². The van der Waals surface area contributed by atoms with E-state index < -0.39 is 24.2 Å². The Kier molecular flexibility index (Phi) is 12.8. The summed E-state index contributed by atoms with van der Waals surface area (Å²) in [6, 6.07) is 44.4. The van der Waals surface area contributed by atoms with Crippen LogP contribution in [0.4, 0.5) is 37.7 Å². The monoisotopic (exact) mass is 1000 g/mol. The predicted octanol–water partition coefficient (Wildman–Crippen LogP) is 15.8.